The van der Waals surface area contributed by atoms with E-state index in [0.717, 1.165) is 5.56 Å². The van der Waals surface area contributed by atoms with Gasteiger partial charge in [0, 0.05) is 31.2 Å². The number of rotatable bonds is 7. The van der Waals surface area contributed by atoms with Gasteiger partial charge in [-0.05, 0) is 48.7 Å². The van der Waals surface area contributed by atoms with Crippen molar-refractivity contribution in [1.82, 2.24) is 20.3 Å². The highest BCUT2D eigenvalue weighted by Crippen LogP contribution is 2.09. The highest BCUT2D eigenvalue weighted by Gasteiger charge is 2.10. The Morgan fingerprint density at radius 2 is 1.89 bits per heavy atom. The van der Waals surface area contributed by atoms with Gasteiger partial charge in [0.25, 0.3) is 5.91 Å². The summed E-state index contributed by atoms with van der Waals surface area (Å²) in [5.74, 6) is -0.171. The number of amides is 1. The molecule has 0 aliphatic heterocycles. The summed E-state index contributed by atoms with van der Waals surface area (Å²) < 4.78 is 13.7. The number of carbonyl (C=O) groups excluding carboxylic acids is 1. The van der Waals surface area contributed by atoms with Crippen LogP contribution in [0.2, 0.25) is 0 Å². The van der Waals surface area contributed by atoms with Crippen molar-refractivity contribution in [3.8, 4) is 0 Å². The van der Waals surface area contributed by atoms with Crippen molar-refractivity contribution in [2.24, 2.45) is 0 Å². The average molecular weight is 365 g/mol. The fourth-order valence-electron chi connectivity index (χ4n) is 2.55. The Balaban J connectivity index is 1.60. The molecular weight excluding hydrogens is 345 g/mol. The summed E-state index contributed by atoms with van der Waals surface area (Å²) in [6.07, 6.45) is 3.84. The molecule has 1 amide bonds. The largest absolute Gasteiger partial charge is 0.354 e. The zero-order valence-electron chi connectivity index (χ0n) is 14.9. The van der Waals surface area contributed by atoms with Crippen molar-refractivity contribution in [2.45, 2.75) is 19.9 Å². The van der Waals surface area contributed by atoms with Gasteiger partial charge in [0.05, 0.1) is 0 Å². The van der Waals surface area contributed by atoms with Gasteiger partial charge in [-0.3, -0.25) is 9.78 Å². The van der Waals surface area contributed by atoms with E-state index in [2.05, 4.69) is 25.6 Å². The minimum Gasteiger partial charge on any atom is -0.354 e. The average Bonchev–Trinajstić information content (AvgIpc) is 2.68. The predicted molar refractivity (Wildman–Crippen MR) is 101 cm³/mol. The molecule has 3 aromatic rings. The van der Waals surface area contributed by atoms with Gasteiger partial charge in [-0.15, -0.1) is 0 Å². The van der Waals surface area contributed by atoms with Crippen LogP contribution < -0.4 is 10.6 Å². The van der Waals surface area contributed by atoms with Crippen molar-refractivity contribution in [1.29, 1.82) is 0 Å². The molecule has 0 radical (unpaired) electrons. The summed E-state index contributed by atoms with van der Waals surface area (Å²) >= 11 is 0. The normalized spacial score (nSPS) is 10.4. The van der Waals surface area contributed by atoms with Crippen LogP contribution in [0.4, 0.5) is 10.3 Å². The molecular formula is C20H20FN5O. The maximum Gasteiger partial charge on any atom is 0.270 e. The maximum atomic E-state index is 13.7. The van der Waals surface area contributed by atoms with Crippen molar-refractivity contribution in [3.63, 3.8) is 0 Å². The fraction of sp³-hybridized carbons (Fsp3) is 0.200. The summed E-state index contributed by atoms with van der Waals surface area (Å²) in [6.45, 7) is 2.65. The molecule has 0 saturated heterocycles. The third-order valence-corrected chi connectivity index (χ3v) is 3.92. The molecule has 6 nitrogen and oxygen atoms in total. The van der Waals surface area contributed by atoms with Gasteiger partial charge in [0.1, 0.15) is 11.5 Å². The van der Waals surface area contributed by atoms with Crippen molar-refractivity contribution < 1.29 is 9.18 Å². The first-order chi connectivity index (χ1) is 13.1. The number of aromatic nitrogens is 3. The zero-order chi connectivity index (χ0) is 19.1. The molecule has 0 aliphatic carbocycles. The van der Waals surface area contributed by atoms with Crippen LogP contribution in [0.3, 0.4) is 0 Å². The van der Waals surface area contributed by atoms with Crippen LogP contribution in [0.5, 0.6) is 0 Å². The van der Waals surface area contributed by atoms with Crippen LogP contribution in [0.1, 0.15) is 27.3 Å². The Bertz CT molecular complexity index is 917. The van der Waals surface area contributed by atoms with E-state index in [-0.39, 0.29) is 17.4 Å². The molecule has 0 bridgehead atoms. The SMILES string of the molecule is Cc1cc(C(=O)NCc2ccncc2)nc(NCCc2ccccc2F)n1. The van der Waals surface area contributed by atoms with Gasteiger partial charge in [-0.25, -0.2) is 14.4 Å². The highest BCUT2D eigenvalue weighted by molar-refractivity contribution is 5.92. The van der Waals surface area contributed by atoms with E-state index in [9.17, 15) is 9.18 Å². The van der Waals surface area contributed by atoms with Crippen LogP contribution in [-0.4, -0.2) is 27.4 Å². The van der Waals surface area contributed by atoms with Crippen molar-refractivity contribution >= 4 is 11.9 Å². The second-order valence-corrected chi connectivity index (χ2v) is 6.02. The lowest BCUT2D eigenvalue weighted by Gasteiger charge is -2.09. The predicted octanol–water partition coefficient (Wildman–Crippen LogP) is 2.90. The number of nitrogens with one attached hydrogen (secondary N) is 2. The standard InChI is InChI=1S/C20H20FN5O/c1-14-12-18(19(27)24-13-15-6-9-22-10-7-15)26-20(25-14)23-11-8-16-4-2-3-5-17(16)21/h2-7,9-10,12H,8,11,13H2,1H3,(H,24,27)(H,23,25,26). The molecule has 3 rings (SSSR count). The highest BCUT2D eigenvalue weighted by atomic mass is 19.1. The molecule has 2 N–H and O–H groups in total. The second-order valence-electron chi connectivity index (χ2n) is 6.02. The second kappa shape index (κ2) is 8.84. The van der Waals surface area contributed by atoms with Crippen molar-refractivity contribution in [3.05, 3.63) is 83.2 Å². The molecule has 138 valence electrons. The molecule has 0 unspecified atom stereocenters. The Hall–Kier alpha value is -3.35. The lowest BCUT2D eigenvalue weighted by Crippen LogP contribution is -2.24. The summed E-state index contributed by atoms with van der Waals surface area (Å²) in [5.41, 5.74) is 2.53. The minimum absolute atomic E-state index is 0.236. The molecule has 27 heavy (non-hydrogen) atoms. The van der Waals surface area contributed by atoms with Crippen LogP contribution >= 0.6 is 0 Å². The van der Waals surface area contributed by atoms with Crippen LogP contribution in [0.25, 0.3) is 0 Å². The molecule has 0 fully saturated rings. The number of aryl methyl sites for hydroxylation is 1. The monoisotopic (exact) mass is 365 g/mol. The van der Waals surface area contributed by atoms with E-state index >= 15 is 0 Å². The van der Waals surface area contributed by atoms with E-state index in [1.54, 1.807) is 43.6 Å². The lowest BCUT2D eigenvalue weighted by atomic mass is 10.1. The lowest BCUT2D eigenvalue weighted by molar-refractivity contribution is 0.0945. The number of anilines is 1. The first-order valence-electron chi connectivity index (χ1n) is 8.62. The molecule has 0 saturated carbocycles. The van der Waals surface area contributed by atoms with E-state index in [0.29, 0.717) is 36.7 Å². The first kappa shape index (κ1) is 18.4. The van der Waals surface area contributed by atoms with Gasteiger partial charge in [-0.1, -0.05) is 18.2 Å². The smallest absolute Gasteiger partial charge is 0.270 e. The maximum absolute atomic E-state index is 13.7. The van der Waals surface area contributed by atoms with Crippen LogP contribution in [0.15, 0.2) is 54.9 Å². The van der Waals surface area contributed by atoms with Gasteiger partial charge < -0.3 is 10.6 Å². The fourth-order valence-corrected chi connectivity index (χ4v) is 2.55. The number of hydrogen-bond acceptors (Lipinski definition) is 5. The number of pyridine rings is 1. The summed E-state index contributed by atoms with van der Waals surface area (Å²) in [7, 11) is 0. The summed E-state index contributed by atoms with van der Waals surface area (Å²) in [4.78, 5) is 24.9. The summed E-state index contributed by atoms with van der Waals surface area (Å²) in [5, 5.41) is 5.88. The third kappa shape index (κ3) is 5.31. The molecule has 1 aromatic carbocycles. The Labute approximate surface area is 156 Å². The van der Waals surface area contributed by atoms with E-state index in [1.807, 2.05) is 12.1 Å². The molecule has 2 aromatic heterocycles. The van der Waals surface area contributed by atoms with E-state index in [1.165, 1.54) is 6.07 Å². The molecule has 0 spiro atoms. The number of hydrogen-bond donors (Lipinski definition) is 2. The Morgan fingerprint density at radius 3 is 2.67 bits per heavy atom. The number of benzene rings is 1. The molecule has 0 aliphatic rings. The van der Waals surface area contributed by atoms with Gasteiger partial charge in [0.15, 0.2) is 0 Å². The molecule has 0 atom stereocenters. The first-order valence-corrected chi connectivity index (χ1v) is 8.62. The van der Waals surface area contributed by atoms with Gasteiger partial charge >= 0.3 is 0 Å². The number of nitrogens with zero attached hydrogens (tertiary/aromatic N) is 3. The molecule has 2 heterocycles. The van der Waals surface area contributed by atoms with Crippen LogP contribution in [0, 0.1) is 12.7 Å². The summed E-state index contributed by atoms with van der Waals surface area (Å²) in [6, 6.07) is 11.9. The number of halogens is 1. The van der Waals surface area contributed by atoms with Crippen LogP contribution in [-0.2, 0) is 13.0 Å². The quantitative estimate of drug-likeness (QED) is 0.673. The Kier molecular flexibility index (Phi) is 6.04. The minimum atomic E-state index is -0.283. The van der Waals surface area contributed by atoms with E-state index < -0.39 is 0 Å². The van der Waals surface area contributed by atoms with E-state index in [4.69, 9.17) is 0 Å². The topological polar surface area (TPSA) is 79.8 Å². The third-order valence-electron chi connectivity index (χ3n) is 3.92. The van der Waals surface area contributed by atoms with Crippen molar-refractivity contribution in [2.75, 3.05) is 11.9 Å². The Morgan fingerprint density at radius 1 is 1.11 bits per heavy atom. The zero-order valence-corrected chi connectivity index (χ0v) is 14.9. The van der Waals surface area contributed by atoms with Gasteiger partial charge in [0.2, 0.25) is 5.95 Å². The number of carbonyl (C=O) groups is 1. The van der Waals surface area contributed by atoms with Gasteiger partial charge in [-0.2, -0.15) is 0 Å². The molecule has 7 heteroatoms.